The summed E-state index contributed by atoms with van der Waals surface area (Å²) in [7, 11) is 0. The maximum Gasteiger partial charge on any atom is 0.460 e. The van der Waals surface area contributed by atoms with E-state index in [-0.39, 0.29) is 5.75 Å². The molecule has 0 unspecified atom stereocenters. The molecule has 0 aromatic rings. The van der Waals surface area contributed by atoms with Crippen LogP contribution in [0.15, 0.2) is 10.1 Å². The molecular formula is C9H12F6S2. The Morgan fingerprint density at radius 3 is 1.88 bits per heavy atom. The molecule has 0 atom stereocenters. The van der Waals surface area contributed by atoms with Crippen molar-refractivity contribution in [1.82, 2.24) is 0 Å². The lowest BCUT2D eigenvalue weighted by molar-refractivity contribution is -0.270. The smallest absolute Gasteiger partial charge is 0.203 e. The van der Waals surface area contributed by atoms with E-state index >= 15 is 0 Å². The fraction of sp³-hybridized carbons (Fsp3) is 0.778. The molecule has 0 saturated carbocycles. The molecule has 0 heterocycles. The fourth-order valence-corrected chi connectivity index (χ4v) is 2.85. The molecule has 8 heteroatoms. The van der Waals surface area contributed by atoms with Crippen molar-refractivity contribution in [3.63, 3.8) is 0 Å². The first-order valence-electron chi connectivity index (χ1n) is 4.78. The summed E-state index contributed by atoms with van der Waals surface area (Å²) in [6.45, 7) is 3.28. The lowest BCUT2D eigenvalue weighted by Crippen LogP contribution is -2.37. The van der Waals surface area contributed by atoms with Crippen LogP contribution in [0.3, 0.4) is 0 Å². The first-order chi connectivity index (χ1) is 7.68. The average Bonchev–Trinajstić information content (AvgIpc) is 2.21. The molecule has 0 amide bonds. The molecule has 0 nitrogen and oxygen atoms in total. The number of thioether (sulfide) groups is 2. The van der Waals surface area contributed by atoms with Gasteiger partial charge >= 0.3 is 12.1 Å². The van der Waals surface area contributed by atoms with Crippen molar-refractivity contribution in [3.8, 4) is 0 Å². The predicted octanol–water partition coefficient (Wildman–Crippen LogP) is 5.22. The molecule has 0 aliphatic heterocycles. The molecule has 0 spiro atoms. The average molecular weight is 298 g/mol. The summed E-state index contributed by atoms with van der Waals surface area (Å²) in [6, 6.07) is 0. The van der Waals surface area contributed by atoms with Crippen molar-refractivity contribution >= 4 is 23.5 Å². The van der Waals surface area contributed by atoms with Gasteiger partial charge in [-0.25, -0.2) is 4.39 Å². The quantitative estimate of drug-likeness (QED) is 0.617. The van der Waals surface area contributed by atoms with Crippen LogP contribution in [0.1, 0.15) is 20.3 Å². The summed E-state index contributed by atoms with van der Waals surface area (Å²) in [4.78, 5) is 0. The van der Waals surface area contributed by atoms with Gasteiger partial charge in [-0.3, -0.25) is 0 Å². The minimum Gasteiger partial charge on any atom is -0.203 e. The molecular weight excluding hydrogens is 286 g/mol. The summed E-state index contributed by atoms with van der Waals surface area (Å²) in [5.74, 6) is -7.28. The zero-order valence-corrected chi connectivity index (χ0v) is 10.8. The van der Waals surface area contributed by atoms with Gasteiger partial charge in [0.15, 0.2) is 5.83 Å². The van der Waals surface area contributed by atoms with E-state index in [1.54, 1.807) is 13.8 Å². The van der Waals surface area contributed by atoms with E-state index in [0.29, 0.717) is 35.7 Å². The van der Waals surface area contributed by atoms with E-state index in [4.69, 9.17) is 0 Å². The van der Waals surface area contributed by atoms with Crippen molar-refractivity contribution in [2.24, 2.45) is 0 Å². The number of hydrogen-bond donors (Lipinski definition) is 0. The minimum absolute atomic E-state index is 0.230. The van der Waals surface area contributed by atoms with Crippen LogP contribution in [-0.2, 0) is 0 Å². The number of allylic oxidation sites excluding steroid dienone is 1. The lowest BCUT2D eigenvalue weighted by atomic mass is 10.3. The van der Waals surface area contributed by atoms with Gasteiger partial charge in [0.25, 0.3) is 0 Å². The summed E-state index contributed by atoms with van der Waals surface area (Å²) in [5, 5.41) is 0. The molecule has 0 aromatic heterocycles. The van der Waals surface area contributed by atoms with Crippen molar-refractivity contribution in [2.45, 2.75) is 32.4 Å². The molecule has 0 rings (SSSR count). The SMILES string of the molecule is CCCS/C(SCC)=C(/F)C(F)(F)C(F)(F)F. The maximum atomic E-state index is 13.2. The highest BCUT2D eigenvalue weighted by atomic mass is 32.2. The largest absolute Gasteiger partial charge is 0.460 e. The van der Waals surface area contributed by atoms with E-state index in [1.165, 1.54) is 0 Å². The van der Waals surface area contributed by atoms with Crippen LogP contribution in [0.4, 0.5) is 26.3 Å². The van der Waals surface area contributed by atoms with Gasteiger partial charge in [-0.1, -0.05) is 13.8 Å². The number of halogens is 6. The van der Waals surface area contributed by atoms with Crippen LogP contribution >= 0.6 is 23.5 Å². The van der Waals surface area contributed by atoms with Crippen LogP contribution in [0.5, 0.6) is 0 Å². The summed E-state index contributed by atoms with van der Waals surface area (Å²) >= 11 is 1.34. The highest BCUT2D eigenvalue weighted by molar-refractivity contribution is 8.22. The Morgan fingerprint density at radius 2 is 1.53 bits per heavy atom. The normalized spacial score (nSPS) is 14.8. The summed E-state index contributed by atoms with van der Waals surface area (Å²) in [5.41, 5.74) is 0. The van der Waals surface area contributed by atoms with Gasteiger partial charge in [0, 0.05) is 0 Å². The van der Waals surface area contributed by atoms with E-state index < -0.39 is 22.2 Å². The highest BCUT2D eigenvalue weighted by Gasteiger charge is 2.62. The van der Waals surface area contributed by atoms with E-state index in [1.807, 2.05) is 0 Å². The molecule has 0 aromatic carbocycles. The van der Waals surface area contributed by atoms with Crippen LogP contribution in [-0.4, -0.2) is 23.6 Å². The van der Waals surface area contributed by atoms with Gasteiger partial charge in [-0.15, -0.1) is 23.5 Å². The monoisotopic (exact) mass is 298 g/mol. The van der Waals surface area contributed by atoms with Gasteiger partial charge in [-0.2, -0.15) is 22.0 Å². The summed E-state index contributed by atoms with van der Waals surface area (Å²) in [6.07, 6.45) is -5.34. The zero-order chi connectivity index (χ0) is 13.7. The molecule has 0 fully saturated rings. The lowest BCUT2D eigenvalue weighted by Gasteiger charge is -2.19. The Balaban J connectivity index is 5.16. The van der Waals surface area contributed by atoms with E-state index in [0.717, 1.165) is 0 Å². The third kappa shape index (κ3) is 4.65. The fourth-order valence-electron chi connectivity index (χ4n) is 0.747. The Labute approximate surface area is 104 Å². The molecule has 17 heavy (non-hydrogen) atoms. The molecule has 0 N–H and O–H groups in total. The van der Waals surface area contributed by atoms with Crippen LogP contribution < -0.4 is 0 Å². The minimum atomic E-state index is -5.90. The van der Waals surface area contributed by atoms with Crippen molar-refractivity contribution < 1.29 is 26.3 Å². The first-order valence-corrected chi connectivity index (χ1v) is 6.75. The van der Waals surface area contributed by atoms with Crippen LogP contribution in [0.2, 0.25) is 0 Å². The molecule has 0 radical (unpaired) electrons. The van der Waals surface area contributed by atoms with E-state index in [9.17, 15) is 26.3 Å². The van der Waals surface area contributed by atoms with Crippen molar-refractivity contribution in [2.75, 3.05) is 11.5 Å². The third-order valence-electron chi connectivity index (χ3n) is 1.52. The Hall–Kier alpha value is 0.0200. The van der Waals surface area contributed by atoms with Crippen LogP contribution in [0.25, 0.3) is 0 Å². The standard InChI is InChI=1S/C9H12F6S2/c1-3-5-17-7(16-4-2)6(10)8(11,12)9(13,14)15/h3-5H2,1-2H3/b7-6+. The second kappa shape index (κ2) is 6.82. The number of alkyl halides is 5. The van der Waals surface area contributed by atoms with Gasteiger partial charge < -0.3 is 0 Å². The van der Waals surface area contributed by atoms with Gasteiger partial charge in [0.2, 0.25) is 0 Å². The van der Waals surface area contributed by atoms with Gasteiger partial charge in [-0.05, 0) is 17.9 Å². The van der Waals surface area contributed by atoms with E-state index in [2.05, 4.69) is 0 Å². The van der Waals surface area contributed by atoms with Gasteiger partial charge in [0.05, 0.1) is 4.24 Å². The Kier molecular flexibility index (Phi) is 6.83. The van der Waals surface area contributed by atoms with Crippen molar-refractivity contribution in [1.29, 1.82) is 0 Å². The Morgan fingerprint density at radius 1 is 1.00 bits per heavy atom. The molecule has 102 valence electrons. The molecule has 0 bridgehead atoms. The number of hydrogen-bond acceptors (Lipinski definition) is 2. The molecule has 0 aliphatic carbocycles. The zero-order valence-electron chi connectivity index (χ0n) is 9.21. The molecule has 0 aliphatic rings. The summed E-state index contributed by atoms with van der Waals surface area (Å²) < 4.78 is 74.0. The second-order valence-electron chi connectivity index (χ2n) is 2.96. The Bertz CT molecular complexity index is 271. The topological polar surface area (TPSA) is 0 Å². The molecule has 0 saturated heterocycles. The van der Waals surface area contributed by atoms with Gasteiger partial charge in [0.1, 0.15) is 0 Å². The van der Waals surface area contributed by atoms with Crippen LogP contribution in [0, 0.1) is 0 Å². The highest BCUT2D eigenvalue weighted by Crippen LogP contribution is 2.47. The second-order valence-corrected chi connectivity index (χ2v) is 5.59. The number of rotatable bonds is 6. The first kappa shape index (κ1) is 17.0. The maximum absolute atomic E-state index is 13.2. The van der Waals surface area contributed by atoms with Crippen molar-refractivity contribution in [3.05, 3.63) is 10.1 Å². The third-order valence-corrected chi connectivity index (χ3v) is 4.01. The predicted molar refractivity (Wildman–Crippen MR) is 60.0 cm³/mol.